The quantitative estimate of drug-likeness (QED) is 0.697. The molecule has 1 N–H and O–H groups in total. The van der Waals surface area contributed by atoms with Gasteiger partial charge in [-0.3, -0.25) is 9.48 Å². The van der Waals surface area contributed by atoms with E-state index in [1.807, 2.05) is 6.92 Å². The van der Waals surface area contributed by atoms with Gasteiger partial charge in [0.1, 0.15) is 11.6 Å². The molecule has 0 bridgehead atoms. The van der Waals surface area contributed by atoms with Crippen LogP contribution in [0.4, 0.5) is 17.6 Å². The van der Waals surface area contributed by atoms with Crippen LogP contribution in [-0.2, 0) is 12.6 Å². The molecule has 0 aliphatic heterocycles. The zero-order valence-corrected chi connectivity index (χ0v) is 14.5. The molecule has 1 aromatic carbocycles. The maximum Gasteiger partial charge on any atom is 0.416 e. The average molecular weight is 380 g/mol. The highest BCUT2D eigenvalue weighted by Crippen LogP contribution is 2.32. The van der Waals surface area contributed by atoms with Crippen molar-refractivity contribution in [2.45, 2.75) is 32.5 Å². The molecule has 9 heteroatoms. The molecule has 2 heterocycles. The van der Waals surface area contributed by atoms with Crippen LogP contribution in [0.1, 0.15) is 36.8 Å². The molecule has 0 fully saturated rings. The Morgan fingerprint density at radius 1 is 1.26 bits per heavy atom. The zero-order valence-electron chi connectivity index (χ0n) is 14.5. The second kappa shape index (κ2) is 6.98. The van der Waals surface area contributed by atoms with Crippen molar-refractivity contribution in [2.75, 3.05) is 0 Å². The molecule has 0 radical (unpaired) electrons. The SMILES string of the molecule is CCc1nc(-c2cnn(C(C)c3ccc(C(F)(F)F)cc3F)c2)cc(=O)[nH]1. The maximum absolute atomic E-state index is 14.2. The molecule has 3 rings (SSSR count). The molecule has 0 amide bonds. The standard InChI is InChI=1S/C18H16F4N4O/c1-3-16-24-15(7-17(27)25-16)11-8-23-26(9-11)10(2)13-5-4-12(6-14(13)19)18(20,21)22/h4-10H,3H2,1-2H3,(H,24,25,27). The second-order valence-corrected chi connectivity index (χ2v) is 6.05. The molecule has 1 atom stereocenters. The normalized spacial score (nSPS) is 13.0. The van der Waals surface area contributed by atoms with Crippen LogP contribution in [-0.4, -0.2) is 19.7 Å². The molecule has 1 unspecified atom stereocenters. The highest BCUT2D eigenvalue weighted by Gasteiger charge is 2.31. The van der Waals surface area contributed by atoms with Crippen LogP contribution in [0, 0.1) is 5.82 Å². The smallest absolute Gasteiger partial charge is 0.311 e. The third kappa shape index (κ3) is 3.91. The molecule has 2 aromatic heterocycles. The number of rotatable bonds is 4. The topological polar surface area (TPSA) is 63.6 Å². The number of benzene rings is 1. The van der Waals surface area contributed by atoms with E-state index in [9.17, 15) is 22.4 Å². The molecule has 27 heavy (non-hydrogen) atoms. The van der Waals surface area contributed by atoms with Gasteiger partial charge in [0.05, 0.1) is 23.5 Å². The Hall–Kier alpha value is -2.97. The van der Waals surface area contributed by atoms with Gasteiger partial charge >= 0.3 is 6.18 Å². The van der Waals surface area contributed by atoms with Gasteiger partial charge < -0.3 is 4.98 Å². The minimum atomic E-state index is -4.61. The molecule has 5 nitrogen and oxygen atoms in total. The van der Waals surface area contributed by atoms with Gasteiger partial charge in [0, 0.05) is 29.8 Å². The number of alkyl halides is 3. The summed E-state index contributed by atoms with van der Waals surface area (Å²) in [5.41, 5.74) is -0.300. The fraction of sp³-hybridized carbons (Fsp3) is 0.278. The largest absolute Gasteiger partial charge is 0.416 e. The highest BCUT2D eigenvalue weighted by atomic mass is 19.4. The Labute approximate surface area is 151 Å². The van der Waals surface area contributed by atoms with Gasteiger partial charge in [-0.15, -0.1) is 0 Å². The van der Waals surface area contributed by atoms with E-state index in [0.717, 1.165) is 12.1 Å². The van der Waals surface area contributed by atoms with Crippen LogP contribution in [0.15, 0.2) is 41.5 Å². The van der Waals surface area contributed by atoms with Crippen molar-refractivity contribution in [2.24, 2.45) is 0 Å². The number of H-pyrrole nitrogens is 1. The van der Waals surface area contributed by atoms with Crippen molar-refractivity contribution >= 4 is 0 Å². The van der Waals surface area contributed by atoms with Gasteiger partial charge in [-0.1, -0.05) is 13.0 Å². The molecular formula is C18H16F4N4O. The summed E-state index contributed by atoms with van der Waals surface area (Å²) < 4.78 is 53.7. The minimum absolute atomic E-state index is 0.0748. The number of aromatic amines is 1. The van der Waals surface area contributed by atoms with Gasteiger partial charge in [-0.25, -0.2) is 9.37 Å². The lowest BCUT2D eigenvalue weighted by molar-refractivity contribution is -0.137. The van der Waals surface area contributed by atoms with Gasteiger partial charge in [-0.2, -0.15) is 18.3 Å². The first-order valence-electron chi connectivity index (χ1n) is 8.20. The van der Waals surface area contributed by atoms with E-state index in [0.29, 0.717) is 29.6 Å². The summed E-state index contributed by atoms with van der Waals surface area (Å²) in [6, 6.07) is 3.09. The fourth-order valence-electron chi connectivity index (χ4n) is 2.69. The third-order valence-electron chi connectivity index (χ3n) is 4.20. The molecule has 0 saturated carbocycles. The van der Waals surface area contributed by atoms with E-state index in [1.54, 1.807) is 13.1 Å². The summed E-state index contributed by atoms with van der Waals surface area (Å²) in [5.74, 6) is -0.441. The Morgan fingerprint density at radius 3 is 2.63 bits per heavy atom. The predicted octanol–water partition coefficient (Wildman–Crippen LogP) is 3.96. The Balaban J connectivity index is 1.93. The van der Waals surface area contributed by atoms with Gasteiger partial charge in [-0.05, 0) is 19.1 Å². The fourth-order valence-corrected chi connectivity index (χ4v) is 2.69. The minimum Gasteiger partial charge on any atom is -0.311 e. The van der Waals surface area contributed by atoms with Gasteiger partial charge in [0.2, 0.25) is 0 Å². The third-order valence-corrected chi connectivity index (χ3v) is 4.20. The predicted molar refractivity (Wildman–Crippen MR) is 90.7 cm³/mol. The summed E-state index contributed by atoms with van der Waals surface area (Å²) in [7, 11) is 0. The van der Waals surface area contributed by atoms with Crippen LogP contribution in [0.5, 0.6) is 0 Å². The summed E-state index contributed by atoms with van der Waals surface area (Å²) in [5, 5.41) is 4.14. The number of aromatic nitrogens is 4. The van der Waals surface area contributed by atoms with E-state index < -0.39 is 23.6 Å². The monoisotopic (exact) mass is 380 g/mol. The van der Waals surface area contributed by atoms with E-state index >= 15 is 0 Å². The number of nitrogens with one attached hydrogen (secondary N) is 1. The Morgan fingerprint density at radius 2 is 2.00 bits per heavy atom. The molecule has 0 aliphatic carbocycles. The molecule has 0 saturated heterocycles. The van der Waals surface area contributed by atoms with Crippen molar-refractivity contribution in [3.8, 4) is 11.3 Å². The van der Waals surface area contributed by atoms with Crippen LogP contribution < -0.4 is 5.56 Å². The van der Waals surface area contributed by atoms with Crippen molar-refractivity contribution in [3.05, 3.63) is 69.8 Å². The number of hydrogen-bond acceptors (Lipinski definition) is 3. The summed E-state index contributed by atoms with van der Waals surface area (Å²) in [4.78, 5) is 18.6. The lowest BCUT2D eigenvalue weighted by Gasteiger charge is -2.15. The van der Waals surface area contributed by atoms with Crippen LogP contribution in [0.2, 0.25) is 0 Å². The van der Waals surface area contributed by atoms with Gasteiger partial charge in [0.25, 0.3) is 5.56 Å². The van der Waals surface area contributed by atoms with Gasteiger partial charge in [0.15, 0.2) is 0 Å². The van der Waals surface area contributed by atoms with E-state index in [4.69, 9.17) is 0 Å². The molecule has 3 aromatic rings. The lowest BCUT2D eigenvalue weighted by Crippen LogP contribution is -2.12. The van der Waals surface area contributed by atoms with Crippen LogP contribution >= 0.6 is 0 Å². The number of aryl methyl sites for hydroxylation is 1. The van der Waals surface area contributed by atoms with E-state index in [-0.39, 0.29) is 11.1 Å². The maximum atomic E-state index is 14.2. The number of halogens is 4. The van der Waals surface area contributed by atoms with Crippen LogP contribution in [0.3, 0.4) is 0 Å². The molecular weight excluding hydrogens is 364 g/mol. The summed E-state index contributed by atoms with van der Waals surface area (Å²) in [6.07, 6.45) is -1.02. The Bertz CT molecular complexity index is 1020. The van der Waals surface area contributed by atoms with E-state index in [1.165, 1.54) is 16.9 Å². The van der Waals surface area contributed by atoms with Crippen molar-refractivity contribution in [1.82, 2.24) is 19.7 Å². The zero-order chi connectivity index (χ0) is 19.8. The molecule has 0 aliphatic rings. The summed E-state index contributed by atoms with van der Waals surface area (Å²) in [6.45, 7) is 3.46. The number of hydrogen-bond donors (Lipinski definition) is 1. The number of nitrogens with zero attached hydrogens (tertiary/aromatic N) is 3. The highest BCUT2D eigenvalue weighted by molar-refractivity contribution is 5.56. The first kappa shape index (κ1) is 18.8. The van der Waals surface area contributed by atoms with E-state index in [2.05, 4.69) is 15.1 Å². The average Bonchev–Trinajstić information content (AvgIpc) is 3.10. The summed E-state index contributed by atoms with van der Waals surface area (Å²) >= 11 is 0. The first-order chi connectivity index (χ1) is 12.7. The lowest BCUT2D eigenvalue weighted by atomic mass is 10.0. The molecule has 142 valence electrons. The Kier molecular flexibility index (Phi) is 4.86. The second-order valence-electron chi connectivity index (χ2n) is 6.05. The first-order valence-corrected chi connectivity index (χ1v) is 8.20. The van der Waals surface area contributed by atoms with Crippen molar-refractivity contribution in [3.63, 3.8) is 0 Å². The van der Waals surface area contributed by atoms with Crippen molar-refractivity contribution in [1.29, 1.82) is 0 Å². The molecule has 0 spiro atoms. The van der Waals surface area contributed by atoms with Crippen LogP contribution in [0.25, 0.3) is 11.3 Å². The van der Waals surface area contributed by atoms with Crippen molar-refractivity contribution < 1.29 is 17.6 Å².